The molecule has 0 fully saturated rings. The second-order valence-corrected chi connectivity index (χ2v) is 7.00. The maximum absolute atomic E-state index is 12.3. The van der Waals surface area contributed by atoms with Crippen molar-refractivity contribution in [1.82, 2.24) is 4.90 Å². The highest BCUT2D eigenvalue weighted by molar-refractivity contribution is 7.11. The van der Waals surface area contributed by atoms with Crippen molar-refractivity contribution < 1.29 is 9.59 Å². The van der Waals surface area contributed by atoms with Crippen molar-refractivity contribution >= 4 is 34.7 Å². The van der Waals surface area contributed by atoms with Crippen LogP contribution in [-0.4, -0.2) is 29.6 Å². The highest BCUT2D eigenvalue weighted by Gasteiger charge is 2.36. The lowest BCUT2D eigenvalue weighted by atomic mass is 9.87. The predicted octanol–water partition coefficient (Wildman–Crippen LogP) is 3.57. The van der Waals surface area contributed by atoms with Crippen LogP contribution in [0.4, 0.5) is 0 Å². The summed E-state index contributed by atoms with van der Waals surface area (Å²) in [6.45, 7) is 2.35. The number of carbonyl (C=O) groups excluding carboxylic acids is 2. The van der Waals surface area contributed by atoms with E-state index in [-0.39, 0.29) is 11.8 Å². The Bertz CT molecular complexity index is 876. The number of hydrogen-bond acceptors (Lipinski definition) is 4. The Balaban J connectivity index is 1.97. The first kappa shape index (κ1) is 15.1. The second kappa shape index (κ2) is 5.87. The summed E-state index contributed by atoms with van der Waals surface area (Å²) in [6.07, 6.45) is 3.81. The Morgan fingerprint density at radius 1 is 1.25 bits per heavy atom. The van der Waals surface area contributed by atoms with E-state index in [1.807, 2.05) is 36.4 Å². The number of thiophene rings is 1. The van der Waals surface area contributed by atoms with Gasteiger partial charge in [-0.1, -0.05) is 30.3 Å². The van der Waals surface area contributed by atoms with Crippen LogP contribution in [0.1, 0.15) is 22.9 Å². The first-order valence-electron chi connectivity index (χ1n) is 8.01. The fourth-order valence-corrected chi connectivity index (χ4v) is 4.58. The summed E-state index contributed by atoms with van der Waals surface area (Å²) in [5.74, 6) is 0.0361. The van der Waals surface area contributed by atoms with Crippen LogP contribution in [0, 0.1) is 0 Å². The minimum atomic E-state index is -0.347. The average Bonchev–Trinajstić information content (AvgIpc) is 3.09. The van der Waals surface area contributed by atoms with Crippen molar-refractivity contribution in [3.63, 3.8) is 0 Å². The zero-order valence-electron chi connectivity index (χ0n) is 13.4. The fraction of sp³-hybridized carbons (Fsp3) is 0.200. The Morgan fingerprint density at radius 2 is 2.04 bits per heavy atom. The molecule has 4 heteroatoms. The molecule has 3 nitrogen and oxygen atoms in total. The number of rotatable bonds is 3. The molecule has 4 rings (SSSR count). The molecule has 2 aliphatic heterocycles. The number of aldehydes is 1. The summed E-state index contributed by atoms with van der Waals surface area (Å²) >= 11 is 1.64. The number of fused-ring (bicyclic) bond motifs is 3. The molecule has 0 radical (unpaired) electrons. The summed E-state index contributed by atoms with van der Waals surface area (Å²) in [5.41, 5.74) is 4.79. The highest BCUT2D eigenvalue weighted by atomic mass is 32.1. The van der Waals surface area contributed by atoms with Gasteiger partial charge in [0.15, 0.2) is 5.78 Å². The van der Waals surface area contributed by atoms with E-state index in [4.69, 9.17) is 0 Å². The normalized spacial score (nSPS) is 19.5. The number of Topliss-reactive ketones (excluding diaryl/α,β-unsaturated/α-hetero) is 1. The van der Waals surface area contributed by atoms with Crippen molar-refractivity contribution in [2.45, 2.75) is 19.4 Å². The van der Waals surface area contributed by atoms with E-state index in [1.54, 1.807) is 18.3 Å². The molecule has 0 amide bonds. The Labute approximate surface area is 144 Å². The summed E-state index contributed by atoms with van der Waals surface area (Å²) in [5, 5.41) is 2.06. The molecule has 0 saturated carbocycles. The number of hydrogen-bond donors (Lipinski definition) is 0. The topological polar surface area (TPSA) is 37.4 Å². The van der Waals surface area contributed by atoms with Gasteiger partial charge in [-0.3, -0.25) is 4.79 Å². The summed E-state index contributed by atoms with van der Waals surface area (Å²) in [7, 11) is 0. The lowest BCUT2D eigenvalue weighted by Gasteiger charge is -2.40. The maximum Gasteiger partial charge on any atom is 0.161 e. The summed E-state index contributed by atoms with van der Waals surface area (Å²) in [4.78, 5) is 27.5. The molecule has 1 aromatic heterocycles. The molecule has 120 valence electrons. The molecule has 0 spiro atoms. The van der Waals surface area contributed by atoms with Gasteiger partial charge in [0.05, 0.1) is 10.6 Å². The van der Waals surface area contributed by atoms with Gasteiger partial charge in [-0.25, -0.2) is 0 Å². The third-order valence-electron chi connectivity index (χ3n) is 4.70. The van der Waals surface area contributed by atoms with Gasteiger partial charge in [0.1, 0.15) is 12.3 Å². The number of ketones is 1. The molecule has 0 bridgehead atoms. The van der Waals surface area contributed by atoms with Crippen molar-refractivity contribution in [3.05, 3.63) is 69.4 Å². The smallest absolute Gasteiger partial charge is 0.161 e. The van der Waals surface area contributed by atoms with Crippen LogP contribution >= 0.6 is 11.3 Å². The van der Waals surface area contributed by atoms with Gasteiger partial charge in [0, 0.05) is 12.1 Å². The lowest BCUT2D eigenvalue weighted by Crippen LogP contribution is -2.42. The Morgan fingerprint density at radius 3 is 2.75 bits per heavy atom. The van der Waals surface area contributed by atoms with Gasteiger partial charge < -0.3 is 9.69 Å². The fourth-order valence-electron chi connectivity index (χ4n) is 3.56. The molecule has 3 heterocycles. The minimum absolute atomic E-state index is 0.0361. The zero-order chi connectivity index (χ0) is 16.7. The second-order valence-electron chi connectivity index (χ2n) is 6.08. The Kier molecular flexibility index (Phi) is 3.69. The molecule has 24 heavy (non-hydrogen) atoms. The van der Waals surface area contributed by atoms with Crippen LogP contribution in [0.2, 0.25) is 0 Å². The maximum atomic E-state index is 12.3. The standard InChI is InChI=1S/C20H17NO2S/c1-13(23)16-11-17(14-5-3-2-4-6-14)18(12-22)21-9-7-15-8-10-24-20(15)19(16)21/h2-6,8,10-12,18H,7,9H2,1H3. The van der Waals surface area contributed by atoms with Crippen molar-refractivity contribution in [2.24, 2.45) is 0 Å². The SMILES string of the molecule is CC(=O)C1=C2c3sccc3CCN2C(C=O)C(c2ccccc2)=C1. The molecule has 0 aliphatic carbocycles. The molecule has 0 N–H and O–H groups in total. The van der Waals surface area contributed by atoms with E-state index >= 15 is 0 Å². The van der Waals surface area contributed by atoms with E-state index in [0.29, 0.717) is 5.57 Å². The van der Waals surface area contributed by atoms with Gasteiger partial charge >= 0.3 is 0 Å². The third kappa shape index (κ3) is 2.26. The predicted molar refractivity (Wildman–Crippen MR) is 96.6 cm³/mol. The zero-order valence-corrected chi connectivity index (χ0v) is 14.2. The van der Waals surface area contributed by atoms with Crippen LogP contribution in [0.15, 0.2) is 53.4 Å². The quantitative estimate of drug-likeness (QED) is 0.805. The van der Waals surface area contributed by atoms with Gasteiger partial charge in [0.25, 0.3) is 0 Å². The van der Waals surface area contributed by atoms with Gasteiger partial charge in [-0.2, -0.15) is 0 Å². The van der Waals surface area contributed by atoms with E-state index in [9.17, 15) is 9.59 Å². The van der Waals surface area contributed by atoms with Crippen molar-refractivity contribution in [2.75, 3.05) is 6.54 Å². The van der Waals surface area contributed by atoms with E-state index in [2.05, 4.69) is 16.3 Å². The van der Waals surface area contributed by atoms with Crippen LogP contribution in [0.25, 0.3) is 11.3 Å². The van der Waals surface area contributed by atoms with E-state index in [1.165, 1.54) is 5.56 Å². The minimum Gasteiger partial charge on any atom is -0.356 e. The molecule has 1 atom stereocenters. The average molecular weight is 335 g/mol. The van der Waals surface area contributed by atoms with Crippen molar-refractivity contribution in [3.8, 4) is 0 Å². The number of allylic oxidation sites excluding steroid dienone is 2. The first-order chi connectivity index (χ1) is 11.7. The summed E-state index contributed by atoms with van der Waals surface area (Å²) in [6, 6.07) is 11.6. The van der Waals surface area contributed by atoms with Crippen LogP contribution in [0.5, 0.6) is 0 Å². The number of benzene rings is 1. The van der Waals surface area contributed by atoms with E-state index in [0.717, 1.165) is 41.0 Å². The molecular weight excluding hydrogens is 318 g/mol. The molecule has 1 aromatic carbocycles. The lowest BCUT2D eigenvalue weighted by molar-refractivity contribution is -0.113. The Hall–Kier alpha value is -2.46. The van der Waals surface area contributed by atoms with E-state index < -0.39 is 0 Å². The third-order valence-corrected chi connectivity index (χ3v) is 5.66. The van der Waals surface area contributed by atoms with Crippen LogP contribution in [0.3, 0.4) is 0 Å². The molecule has 0 saturated heterocycles. The number of carbonyl (C=O) groups is 2. The monoisotopic (exact) mass is 335 g/mol. The molecule has 1 unspecified atom stereocenters. The van der Waals surface area contributed by atoms with Gasteiger partial charge in [0.2, 0.25) is 0 Å². The first-order valence-corrected chi connectivity index (χ1v) is 8.89. The molecule has 2 aromatic rings. The van der Waals surface area contributed by atoms with Gasteiger partial charge in [-0.05, 0) is 47.6 Å². The molecule has 2 aliphatic rings. The van der Waals surface area contributed by atoms with Crippen molar-refractivity contribution in [1.29, 1.82) is 0 Å². The molecular formula is C20H17NO2S. The number of nitrogens with zero attached hydrogens (tertiary/aromatic N) is 1. The van der Waals surface area contributed by atoms with Crippen LogP contribution < -0.4 is 0 Å². The highest BCUT2D eigenvalue weighted by Crippen LogP contribution is 2.42. The van der Waals surface area contributed by atoms with Gasteiger partial charge in [-0.15, -0.1) is 11.3 Å². The summed E-state index contributed by atoms with van der Waals surface area (Å²) < 4.78 is 0. The largest absolute Gasteiger partial charge is 0.356 e. The van der Waals surface area contributed by atoms with Crippen LogP contribution in [-0.2, 0) is 16.0 Å².